The molecule has 0 saturated heterocycles. The molecule has 0 saturated carbocycles. The van der Waals surface area contributed by atoms with E-state index in [1.165, 1.54) is 18.9 Å². The van der Waals surface area contributed by atoms with E-state index in [0.717, 1.165) is 9.50 Å². The van der Waals surface area contributed by atoms with Gasteiger partial charge in [-0.05, 0) is 28.1 Å². The lowest BCUT2D eigenvalue weighted by atomic mass is 10.5. The van der Waals surface area contributed by atoms with Gasteiger partial charge in [0.05, 0.1) is 5.75 Å². The van der Waals surface area contributed by atoms with Crippen molar-refractivity contribution in [1.82, 2.24) is 4.98 Å². The third-order valence-corrected chi connectivity index (χ3v) is 3.37. The number of carbonyl (C=O) groups is 1. The molecule has 0 spiro atoms. The number of carbonyl (C=O) groups excluding carboxylic acids is 1. The monoisotopic (exact) mass is 275 g/mol. The number of pyridine rings is 1. The quantitative estimate of drug-likeness (QED) is 0.772. The lowest BCUT2D eigenvalue weighted by molar-refractivity contribution is -0.120. The van der Waals surface area contributed by atoms with Crippen LogP contribution in [0.1, 0.15) is 0 Å². The fourth-order valence-corrected chi connectivity index (χ4v) is 2.15. The molecule has 0 amide bonds. The summed E-state index contributed by atoms with van der Waals surface area (Å²) >= 11 is 4.77. The van der Waals surface area contributed by atoms with E-state index in [-0.39, 0.29) is 12.4 Å². The molecule has 0 unspecified atom stereocenters. The molecule has 0 radical (unpaired) electrons. The Balaban J connectivity index is 2.46. The van der Waals surface area contributed by atoms with Crippen LogP contribution in [0.3, 0.4) is 0 Å². The van der Waals surface area contributed by atoms with Crippen LogP contribution in [0, 0.1) is 0 Å². The number of rotatable bonds is 5. The number of Topliss-reactive ketones (excluding diaryl/α,β-unsaturated/α-hetero) is 1. The van der Waals surface area contributed by atoms with Gasteiger partial charge >= 0.3 is 0 Å². The zero-order chi connectivity index (χ0) is 10.4. The minimum atomic E-state index is 0.0649. The van der Waals surface area contributed by atoms with Crippen LogP contribution in [0.4, 0.5) is 0 Å². The molecular formula is C9H10BrNO2S. The predicted molar refractivity (Wildman–Crippen MR) is 59.5 cm³/mol. The number of halogens is 1. The van der Waals surface area contributed by atoms with Crippen molar-refractivity contribution in [2.24, 2.45) is 0 Å². The molecule has 0 fully saturated rings. The fourth-order valence-electron chi connectivity index (χ4n) is 0.829. The lowest BCUT2D eigenvalue weighted by Gasteiger charge is -2.01. The average Bonchev–Trinajstić information content (AvgIpc) is 2.17. The molecule has 3 nitrogen and oxygen atoms in total. The second-order valence-corrected chi connectivity index (χ2v) is 4.37. The Kier molecular flexibility index (Phi) is 5.14. The predicted octanol–water partition coefficient (Wildman–Crippen LogP) is 2.15. The van der Waals surface area contributed by atoms with E-state index < -0.39 is 0 Å². The molecule has 0 N–H and O–H groups in total. The van der Waals surface area contributed by atoms with Gasteiger partial charge in [-0.25, -0.2) is 4.98 Å². The average molecular weight is 276 g/mol. The van der Waals surface area contributed by atoms with Gasteiger partial charge in [0, 0.05) is 17.8 Å². The van der Waals surface area contributed by atoms with Crippen molar-refractivity contribution in [3.8, 4) is 0 Å². The Morgan fingerprint density at radius 3 is 3.14 bits per heavy atom. The Morgan fingerprint density at radius 2 is 2.50 bits per heavy atom. The Bertz CT molecular complexity index is 319. The van der Waals surface area contributed by atoms with Crippen LogP contribution in [0.25, 0.3) is 0 Å². The van der Waals surface area contributed by atoms with Crippen LogP contribution in [0.5, 0.6) is 0 Å². The third-order valence-electron chi connectivity index (χ3n) is 1.40. The summed E-state index contributed by atoms with van der Waals surface area (Å²) < 4.78 is 5.64. The topological polar surface area (TPSA) is 39.2 Å². The smallest absolute Gasteiger partial charge is 0.168 e. The van der Waals surface area contributed by atoms with Crippen LogP contribution in [0.15, 0.2) is 27.8 Å². The third kappa shape index (κ3) is 3.77. The standard InChI is InChI=1S/C9H10BrNO2S/c1-13-5-7(12)6-14-9-8(10)3-2-4-11-9/h2-4H,5-6H2,1H3. The molecule has 1 rings (SSSR count). The molecule has 0 atom stereocenters. The maximum absolute atomic E-state index is 11.1. The molecule has 0 aliphatic carbocycles. The highest BCUT2D eigenvalue weighted by atomic mass is 79.9. The number of aromatic nitrogens is 1. The normalized spacial score (nSPS) is 10.1. The molecule has 76 valence electrons. The number of hydrogen-bond acceptors (Lipinski definition) is 4. The van der Waals surface area contributed by atoms with E-state index >= 15 is 0 Å². The van der Waals surface area contributed by atoms with Gasteiger partial charge in [0.1, 0.15) is 11.6 Å². The summed E-state index contributed by atoms with van der Waals surface area (Å²) in [5, 5.41) is 0.831. The number of methoxy groups -OCH3 is 1. The number of thioether (sulfide) groups is 1. The molecule has 0 bridgehead atoms. The zero-order valence-corrected chi connectivity index (χ0v) is 10.1. The van der Waals surface area contributed by atoms with E-state index in [0.29, 0.717) is 5.75 Å². The van der Waals surface area contributed by atoms with Gasteiger partial charge < -0.3 is 4.74 Å². The summed E-state index contributed by atoms with van der Waals surface area (Å²) in [6, 6.07) is 3.74. The van der Waals surface area contributed by atoms with Gasteiger partial charge in [-0.2, -0.15) is 0 Å². The summed E-state index contributed by atoms with van der Waals surface area (Å²) in [6.07, 6.45) is 1.70. The van der Waals surface area contributed by atoms with Gasteiger partial charge in [0.25, 0.3) is 0 Å². The first-order valence-electron chi connectivity index (χ1n) is 3.98. The van der Waals surface area contributed by atoms with E-state index in [1.807, 2.05) is 12.1 Å². The largest absolute Gasteiger partial charge is 0.377 e. The molecule has 5 heteroatoms. The van der Waals surface area contributed by atoms with Crippen molar-refractivity contribution in [2.45, 2.75) is 5.03 Å². The van der Waals surface area contributed by atoms with Crippen molar-refractivity contribution in [1.29, 1.82) is 0 Å². The van der Waals surface area contributed by atoms with Gasteiger partial charge in [-0.15, -0.1) is 0 Å². The Labute approximate surface area is 95.4 Å². The summed E-state index contributed by atoms with van der Waals surface area (Å²) in [5.74, 6) is 0.457. The fraction of sp³-hybridized carbons (Fsp3) is 0.333. The summed E-state index contributed by atoms with van der Waals surface area (Å²) in [5.41, 5.74) is 0. The highest BCUT2D eigenvalue weighted by molar-refractivity contribution is 9.10. The molecule has 14 heavy (non-hydrogen) atoms. The molecule has 0 aliphatic heterocycles. The van der Waals surface area contributed by atoms with Crippen molar-refractivity contribution < 1.29 is 9.53 Å². The number of nitrogens with zero attached hydrogens (tertiary/aromatic N) is 1. The maximum Gasteiger partial charge on any atom is 0.168 e. The molecule has 1 aromatic heterocycles. The van der Waals surface area contributed by atoms with Crippen LogP contribution in [-0.4, -0.2) is 30.2 Å². The van der Waals surface area contributed by atoms with Gasteiger partial charge in [-0.1, -0.05) is 11.8 Å². The lowest BCUT2D eigenvalue weighted by Crippen LogP contribution is -2.09. The minimum absolute atomic E-state index is 0.0649. The van der Waals surface area contributed by atoms with Crippen molar-refractivity contribution in [2.75, 3.05) is 19.5 Å². The summed E-state index contributed by atoms with van der Waals surface area (Å²) in [7, 11) is 1.51. The van der Waals surface area contributed by atoms with E-state index in [4.69, 9.17) is 4.74 Å². The number of hydrogen-bond donors (Lipinski definition) is 0. The van der Waals surface area contributed by atoms with Crippen molar-refractivity contribution in [3.63, 3.8) is 0 Å². The number of ether oxygens (including phenoxy) is 1. The molecule has 0 aromatic carbocycles. The van der Waals surface area contributed by atoms with Crippen LogP contribution in [-0.2, 0) is 9.53 Å². The SMILES string of the molecule is COCC(=O)CSc1ncccc1Br. The Hall–Kier alpha value is -0.390. The molecule has 1 aromatic rings. The first-order valence-corrected chi connectivity index (χ1v) is 5.76. The molecule has 0 aliphatic rings. The first-order chi connectivity index (χ1) is 6.74. The summed E-state index contributed by atoms with van der Waals surface area (Å²) in [6.45, 7) is 0.164. The van der Waals surface area contributed by atoms with Crippen LogP contribution in [0.2, 0.25) is 0 Å². The Morgan fingerprint density at radius 1 is 1.71 bits per heavy atom. The van der Waals surface area contributed by atoms with E-state index in [1.54, 1.807) is 6.20 Å². The second-order valence-electron chi connectivity index (χ2n) is 2.55. The summed E-state index contributed by atoms with van der Waals surface area (Å²) in [4.78, 5) is 15.3. The van der Waals surface area contributed by atoms with Crippen LogP contribution >= 0.6 is 27.7 Å². The molecule has 1 heterocycles. The zero-order valence-electron chi connectivity index (χ0n) is 7.70. The van der Waals surface area contributed by atoms with Crippen molar-refractivity contribution in [3.05, 3.63) is 22.8 Å². The van der Waals surface area contributed by atoms with Gasteiger partial charge in [-0.3, -0.25) is 4.79 Å². The van der Waals surface area contributed by atoms with Gasteiger partial charge in [0.2, 0.25) is 0 Å². The highest BCUT2D eigenvalue weighted by Crippen LogP contribution is 2.24. The first kappa shape index (κ1) is 11.7. The van der Waals surface area contributed by atoms with Gasteiger partial charge in [0.15, 0.2) is 5.78 Å². The molecular weight excluding hydrogens is 266 g/mol. The van der Waals surface area contributed by atoms with E-state index in [9.17, 15) is 4.79 Å². The maximum atomic E-state index is 11.1. The van der Waals surface area contributed by atoms with E-state index in [2.05, 4.69) is 20.9 Å². The van der Waals surface area contributed by atoms with Crippen molar-refractivity contribution >= 4 is 33.5 Å². The number of ketones is 1. The second kappa shape index (κ2) is 6.16. The minimum Gasteiger partial charge on any atom is -0.377 e. The van der Waals surface area contributed by atoms with Crippen LogP contribution < -0.4 is 0 Å². The highest BCUT2D eigenvalue weighted by Gasteiger charge is 2.05.